The van der Waals surface area contributed by atoms with Gasteiger partial charge in [-0.2, -0.15) is 0 Å². The summed E-state index contributed by atoms with van der Waals surface area (Å²) >= 11 is 12.0. The fourth-order valence-electron chi connectivity index (χ4n) is 3.09. The van der Waals surface area contributed by atoms with E-state index in [2.05, 4.69) is 5.32 Å². The minimum Gasteiger partial charge on any atom is -0.354 e. The van der Waals surface area contributed by atoms with E-state index in [4.69, 9.17) is 23.2 Å². The van der Waals surface area contributed by atoms with Gasteiger partial charge in [0.2, 0.25) is 21.8 Å². The van der Waals surface area contributed by atoms with Crippen molar-refractivity contribution in [2.75, 3.05) is 23.7 Å². The average Bonchev–Trinajstić information content (AvgIpc) is 2.73. The number of anilines is 1. The number of amides is 2. The van der Waals surface area contributed by atoms with E-state index in [0.29, 0.717) is 13.0 Å². The van der Waals surface area contributed by atoms with Crippen molar-refractivity contribution in [3.63, 3.8) is 0 Å². The van der Waals surface area contributed by atoms with Gasteiger partial charge in [0.25, 0.3) is 0 Å². The number of hydrogen-bond acceptors (Lipinski definition) is 4. The molecule has 7 nitrogen and oxygen atoms in total. The molecule has 0 radical (unpaired) electrons. The third-order valence-corrected chi connectivity index (χ3v) is 6.41. The van der Waals surface area contributed by atoms with Crippen LogP contribution >= 0.6 is 23.2 Å². The van der Waals surface area contributed by atoms with Gasteiger partial charge in [-0.3, -0.25) is 13.9 Å². The smallest absolute Gasteiger partial charge is 0.244 e. The van der Waals surface area contributed by atoms with Crippen LogP contribution in [0.2, 0.25) is 10.0 Å². The lowest BCUT2D eigenvalue weighted by molar-refractivity contribution is -0.139. The number of nitrogens with one attached hydrogen (secondary N) is 1. The molecule has 0 saturated carbocycles. The molecule has 2 rings (SSSR count). The molecule has 0 spiro atoms. The number of carbonyl (C=O) groups is 2. The number of benzene rings is 2. The van der Waals surface area contributed by atoms with Crippen molar-refractivity contribution in [2.24, 2.45) is 0 Å². The Bertz CT molecular complexity index is 1090. The van der Waals surface area contributed by atoms with Gasteiger partial charge in [-0.15, -0.1) is 0 Å². The summed E-state index contributed by atoms with van der Waals surface area (Å²) in [4.78, 5) is 27.1. The summed E-state index contributed by atoms with van der Waals surface area (Å²) in [6, 6.07) is 9.04. The fraction of sp³-hybridized carbons (Fsp3) is 0.364. The van der Waals surface area contributed by atoms with Crippen LogP contribution in [0.25, 0.3) is 0 Å². The predicted octanol–water partition coefficient (Wildman–Crippen LogP) is 3.84. The summed E-state index contributed by atoms with van der Waals surface area (Å²) in [5.41, 5.74) is 0.287. The molecule has 0 aromatic heterocycles. The van der Waals surface area contributed by atoms with E-state index in [0.717, 1.165) is 15.5 Å². The lowest BCUT2D eigenvalue weighted by atomic mass is 10.1. The summed E-state index contributed by atoms with van der Waals surface area (Å²) < 4.78 is 40.2. The molecule has 11 heteroatoms. The molecular weight excluding hydrogens is 492 g/mol. The lowest BCUT2D eigenvalue weighted by Gasteiger charge is -2.31. The fourth-order valence-corrected chi connectivity index (χ4v) is 4.43. The topological polar surface area (TPSA) is 86.8 Å². The number of carbonyl (C=O) groups excluding carboxylic acids is 2. The maximum absolute atomic E-state index is 14.3. The molecular formula is C22H26Cl2FN3O4S. The monoisotopic (exact) mass is 517 g/mol. The molecule has 0 unspecified atom stereocenters. The summed E-state index contributed by atoms with van der Waals surface area (Å²) in [5.74, 6) is -1.67. The Morgan fingerprint density at radius 1 is 1.12 bits per heavy atom. The highest BCUT2D eigenvalue weighted by Crippen LogP contribution is 2.27. The zero-order chi connectivity index (χ0) is 24.8. The van der Waals surface area contributed by atoms with E-state index in [1.165, 1.54) is 43.3 Å². The number of rotatable bonds is 10. The lowest BCUT2D eigenvalue weighted by Crippen LogP contribution is -2.51. The van der Waals surface area contributed by atoms with Crippen molar-refractivity contribution in [3.8, 4) is 0 Å². The van der Waals surface area contributed by atoms with Crippen LogP contribution in [0.4, 0.5) is 10.1 Å². The van der Waals surface area contributed by atoms with Crippen LogP contribution in [0.3, 0.4) is 0 Å². The van der Waals surface area contributed by atoms with E-state index < -0.39 is 40.2 Å². The molecule has 0 aliphatic rings. The molecule has 180 valence electrons. The van der Waals surface area contributed by atoms with Gasteiger partial charge in [-0.05, 0) is 37.6 Å². The first kappa shape index (κ1) is 26.9. The second-order valence-electron chi connectivity index (χ2n) is 7.48. The number of nitrogens with zero attached hydrogens (tertiary/aromatic N) is 2. The van der Waals surface area contributed by atoms with Crippen LogP contribution in [0.1, 0.15) is 25.8 Å². The molecule has 0 aliphatic heterocycles. The Balaban J connectivity index is 2.42. The molecule has 0 heterocycles. The highest BCUT2D eigenvalue weighted by Gasteiger charge is 2.30. The zero-order valence-electron chi connectivity index (χ0n) is 18.5. The molecule has 2 aromatic rings. The first-order valence-electron chi connectivity index (χ1n) is 10.2. The Labute approximate surface area is 203 Å². The summed E-state index contributed by atoms with van der Waals surface area (Å²) in [6.45, 7) is 2.94. The van der Waals surface area contributed by atoms with E-state index >= 15 is 0 Å². The number of sulfonamides is 1. The number of halogens is 3. The SMILES string of the molecule is CCCNC(=O)[C@@H](C)N(Cc1ccccc1F)C(=O)CN(c1cc(Cl)cc(Cl)c1)S(C)(=O)=O. The van der Waals surface area contributed by atoms with Gasteiger partial charge in [-0.25, -0.2) is 12.8 Å². The third kappa shape index (κ3) is 7.58. The van der Waals surface area contributed by atoms with E-state index in [9.17, 15) is 22.4 Å². The van der Waals surface area contributed by atoms with Gasteiger partial charge in [0, 0.05) is 28.7 Å². The van der Waals surface area contributed by atoms with E-state index in [1.807, 2.05) is 6.92 Å². The predicted molar refractivity (Wildman–Crippen MR) is 128 cm³/mol. The van der Waals surface area contributed by atoms with Crippen LogP contribution in [0, 0.1) is 5.82 Å². The molecule has 1 atom stereocenters. The van der Waals surface area contributed by atoms with Crippen molar-refractivity contribution in [1.29, 1.82) is 0 Å². The quantitative estimate of drug-likeness (QED) is 0.518. The second kappa shape index (κ2) is 11.7. The van der Waals surface area contributed by atoms with Crippen LogP contribution in [-0.4, -0.2) is 50.5 Å². The second-order valence-corrected chi connectivity index (χ2v) is 10.3. The standard InChI is InChI=1S/C22H26Cl2FN3O4S/c1-4-9-26-22(30)15(2)27(13-16-7-5-6-8-20(16)25)21(29)14-28(33(3,31)32)19-11-17(23)10-18(24)12-19/h5-8,10-12,15H,4,9,13-14H2,1-3H3,(H,26,30)/t15-/m1/s1. The van der Waals surface area contributed by atoms with Crippen molar-refractivity contribution >= 4 is 50.7 Å². The third-order valence-electron chi connectivity index (χ3n) is 4.83. The Hall–Kier alpha value is -2.36. The minimum absolute atomic E-state index is 0.0947. The highest BCUT2D eigenvalue weighted by atomic mass is 35.5. The van der Waals surface area contributed by atoms with Gasteiger partial charge < -0.3 is 10.2 Å². The van der Waals surface area contributed by atoms with E-state index in [-0.39, 0.29) is 27.8 Å². The van der Waals surface area contributed by atoms with Crippen molar-refractivity contribution in [1.82, 2.24) is 10.2 Å². The van der Waals surface area contributed by atoms with Gasteiger partial charge >= 0.3 is 0 Å². The normalized spacial score (nSPS) is 12.2. The van der Waals surface area contributed by atoms with Crippen LogP contribution in [0.15, 0.2) is 42.5 Å². The summed E-state index contributed by atoms with van der Waals surface area (Å²) in [6.07, 6.45) is 1.63. The molecule has 0 bridgehead atoms. The molecule has 2 aromatic carbocycles. The summed E-state index contributed by atoms with van der Waals surface area (Å²) in [5, 5.41) is 3.08. The first-order valence-corrected chi connectivity index (χ1v) is 12.8. The van der Waals surface area contributed by atoms with Crippen molar-refractivity contribution < 1.29 is 22.4 Å². The van der Waals surface area contributed by atoms with Gasteiger partial charge in [-0.1, -0.05) is 48.3 Å². The molecule has 0 fully saturated rings. The molecule has 0 saturated heterocycles. The van der Waals surface area contributed by atoms with Crippen molar-refractivity contribution in [3.05, 3.63) is 63.9 Å². The Kier molecular flexibility index (Phi) is 9.51. The maximum atomic E-state index is 14.3. The average molecular weight is 518 g/mol. The maximum Gasteiger partial charge on any atom is 0.244 e. The van der Waals surface area contributed by atoms with Crippen LogP contribution < -0.4 is 9.62 Å². The van der Waals surface area contributed by atoms with Crippen LogP contribution in [-0.2, 0) is 26.2 Å². The minimum atomic E-state index is -3.93. The zero-order valence-corrected chi connectivity index (χ0v) is 20.8. The van der Waals surface area contributed by atoms with E-state index in [1.54, 1.807) is 6.07 Å². The first-order chi connectivity index (χ1) is 15.4. The van der Waals surface area contributed by atoms with Crippen molar-refractivity contribution in [2.45, 2.75) is 32.9 Å². The molecule has 33 heavy (non-hydrogen) atoms. The van der Waals surface area contributed by atoms with Gasteiger partial charge in [0.1, 0.15) is 18.4 Å². The van der Waals surface area contributed by atoms with Gasteiger partial charge in [0.15, 0.2) is 0 Å². The summed E-state index contributed by atoms with van der Waals surface area (Å²) in [7, 11) is -3.93. The molecule has 0 aliphatic carbocycles. The number of hydrogen-bond donors (Lipinski definition) is 1. The molecule has 2 amide bonds. The van der Waals surface area contributed by atoms with Gasteiger partial charge in [0.05, 0.1) is 11.9 Å². The Morgan fingerprint density at radius 2 is 1.73 bits per heavy atom. The largest absolute Gasteiger partial charge is 0.354 e. The highest BCUT2D eigenvalue weighted by molar-refractivity contribution is 7.92. The van der Waals surface area contributed by atoms with Crippen LogP contribution in [0.5, 0.6) is 0 Å². The Morgan fingerprint density at radius 3 is 2.27 bits per heavy atom. The molecule has 1 N–H and O–H groups in total.